The van der Waals surface area contributed by atoms with Crippen molar-refractivity contribution in [2.45, 2.75) is 33.1 Å². The van der Waals surface area contributed by atoms with Crippen LogP contribution in [0.15, 0.2) is 62.9 Å². The summed E-state index contributed by atoms with van der Waals surface area (Å²) in [5.41, 5.74) is 3.13. The Balaban J connectivity index is 2.03. The highest BCUT2D eigenvalue weighted by Gasteiger charge is 2.10. The van der Waals surface area contributed by atoms with Crippen molar-refractivity contribution in [3.63, 3.8) is 0 Å². The first kappa shape index (κ1) is 20.4. The Morgan fingerprint density at radius 3 is 2.92 bits per heavy atom. The normalized spacial score (nSPS) is 15.4. The Morgan fingerprint density at radius 1 is 1.38 bits per heavy atom. The minimum atomic E-state index is -0.214. The van der Waals surface area contributed by atoms with Gasteiger partial charge in [-0.3, -0.25) is 0 Å². The van der Waals surface area contributed by atoms with Gasteiger partial charge in [0.25, 0.3) is 0 Å². The van der Waals surface area contributed by atoms with Gasteiger partial charge in [-0.15, -0.1) is 0 Å². The molecule has 0 saturated carbocycles. The van der Waals surface area contributed by atoms with E-state index in [0.717, 1.165) is 40.9 Å². The van der Waals surface area contributed by atoms with E-state index in [4.69, 9.17) is 4.74 Å². The lowest BCUT2D eigenvalue weighted by Crippen LogP contribution is -2.14. The zero-order valence-corrected chi connectivity index (χ0v) is 17.2. The van der Waals surface area contributed by atoms with Crippen molar-refractivity contribution < 1.29 is 9.13 Å². The number of aliphatic imine (C=N–C) groups is 1. The molecular formula is C21H26BrFN2O. The largest absolute Gasteiger partial charge is 0.492 e. The van der Waals surface area contributed by atoms with Gasteiger partial charge in [0.1, 0.15) is 11.6 Å². The summed E-state index contributed by atoms with van der Waals surface area (Å²) in [5, 5.41) is 0. The summed E-state index contributed by atoms with van der Waals surface area (Å²) < 4.78 is 20.1. The van der Waals surface area contributed by atoms with E-state index >= 15 is 0 Å². The van der Waals surface area contributed by atoms with E-state index in [9.17, 15) is 4.39 Å². The molecule has 0 unspecified atom stereocenters. The highest BCUT2D eigenvalue weighted by Crippen LogP contribution is 2.27. The Morgan fingerprint density at radius 2 is 2.19 bits per heavy atom. The Kier molecular flexibility index (Phi) is 8.10. The highest BCUT2D eigenvalue weighted by molar-refractivity contribution is 9.12. The second kappa shape index (κ2) is 10.3. The zero-order chi connectivity index (χ0) is 18.9. The van der Waals surface area contributed by atoms with E-state index in [0.29, 0.717) is 13.0 Å². The van der Waals surface area contributed by atoms with Crippen LogP contribution in [0.5, 0.6) is 0 Å². The zero-order valence-electron chi connectivity index (χ0n) is 15.6. The summed E-state index contributed by atoms with van der Waals surface area (Å²) >= 11 is 3.62. The van der Waals surface area contributed by atoms with E-state index in [1.807, 2.05) is 30.4 Å². The van der Waals surface area contributed by atoms with Crippen molar-refractivity contribution in [3.05, 3.63) is 69.3 Å². The summed E-state index contributed by atoms with van der Waals surface area (Å²) in [6, 6.07) is 6.63. The molecule has 0 aliphatic heterocycles. The van der Waals surface area contributed by atoms with Gasteiger partial charge in [0.05, 0.1) is 23.1 Å². The molecule has 0 fully saturated rings. The number of allylic oxidation sites excluding steroid dienone is 4. The van der Waals surface area contributed by atoms with Crippen LogP contribution >= 0.6 is 15.9 Å². The number of ether oxygens (including phenoxy) is 1. The Hall–Kier alpha value is -1.88. The van der Waals surface area contributed by atoms with Crippen molar-refractivity contribution in [1.82, 2.24) is 4.90 Å². The first-order chi connectivity index (χ1) is 12.5. The average molecular weight is 421 g/mol. The topological polar surface area (TPSA) is 24.8 Å². The van der Waals surface area contributed by atoms with Crippen molar-refractivity contribution in [3.8, 4) is 0 Å². The van der Waals surface area contributed by atoms with Crippen molar-refractivity contribution >= 4 is 22.3 Å². The molecule has 1 aromatic carbocycles. The van der Waals surface area contributed by atoms with Crippen molar-refractivity contribution in [2.75, 3.05) is 20.2 Å². The molecule has 5 heteroatoms. The van der Waals surface area contributed by atoms with Gasteiger partial charge in [0.2, 0.25) is 0 Å². The van der Waals surface area contributed by atoms with Gasteiger partial charge in [0, 0.05) is 20.0 Å². The van der Waals surface area contributed by atoms with Crippen molar-refractivity contribution in [2.24, 2.45) is 4.99 Å². The molecule has 0 N–H and O–H groups in total. The van der Waals surface area contributed by atoms with Crippen LogP contribution in [0.3, 0.4) is 0 Å². The number of benzene rings is 1. The van der Waals surface area contributed by atoms with Gasteiger partial charge in [-0.05, 0) is 78.0 Å². The molecule has 0 heterocycles. The molecule has 0 atom stereocenters. The predicted octanol–water partition coefficient (Wildman–Crippen LogP) is 5.60. The SMILES string of the molecule is CCN(C)C=NC1=C(C)CCC=C(OCCc2cccc(F)c2)C(Br)=C1. The fraction of sp³-hybridized carbons (Fsp3) is 0.381. The quantitative estimate of drug-likeness (QED) is 0.423. The van der Waals surface area contributed by atoms with Crippen LogP contribution < -0.4 is 0 Å². The number of nitrogens with zero attached hydrogens (tertiary/aromatic N) is 2. The van der Waals surface area contributed by atoms with Gasteiger partial charge in [-0.25, -0.2) is 9.38 Å². The molecule has 0 bridgehead atoms. The Labute approximate surface area is 164 Å². The molecule has 0 saturated heterocycles. The molecule has 0 aromatic heterocycles. The molecule has 1 aliphatic rings. The average Bonchev–Trinajstić information content (AvgIpc) is 2.62. The van der Waals surface area contributed by atoms with Gasteiger partial charge >= 0.3 is 0 Å². The van der Waals surface area contributed by atoms with Gasteiger partial charge in [-0.2, -0.15) is 0 Å². The van der Waals surface area contributed by atoms with E-state index in [1.54, 1.807) is 12.1 Å². The maximum absolute atomic E-state index is 13.3. The molecular weight excluding hydrogens is 395 g/mol. The smallest absolute Gasteiger partial charge is 0.129 e. The van der Waals surface area contributed by atoms with Crippen LogP contribution in [0.25, 0.3) is 0 Å². The second-order valence-corrected chi connectivity index (χ2v) is 7.17. The first-order valence-electron chi connectivity index (χ1n) is 8.88. The molecule has 1 aromatic rings. The van der Waals surface area contributed by atoms with Crippen LogP contribution in [0.4, 0.5) is 4.39 Å². The minimum Gasteiger partial charge on any atom is -0.492 e. The van der Waals surface area contributed by atoms with Crippen LogP contribution in [-0.2, 0) is 11.2 Å². The molecule has 26 heavy (non-hydrogen) atoms. The minimum absolute atomic E-state index is 0.214. The summed E-state index contributed by atoms with van der Waals surface area (Å²) in [6.45, 7) is 5.61. The molecule has 2 rings (SSSR count). The summed E-state index contributed by atoms with van der Waals surface area (Å²) in [5.74, 6) is 0.597. The first-order valence-corrected chi connectivity index (χ1v) is 9.68. The van der Waals surface area contributed by atoms with E-state index in [-0.39, 0.29) is 5.82 Å². The van der Waals surface area contributed by atoms with Crippen LogP contribution in [0.1, 0.15) is 32.3 Å². The third-order valence-electron chi connectivity index (χ3n) is 4.22. The number of rotatable bonds is 7. The fourth-order valence-corrected chi connectivity index (χ4v) is 2.94. The molecule has 0 radical (unpaired) electrons. The van der Waals surface area contributed by atoms with Gasteiger partial charge in [-0.1, -0.05) is 12.1 Å². The van der Waals surface area contributed by atoms with E-state index in [2.05, 4.69) is 40.8 Å². The molecule has 3 nitrogen and oxygen atoms in total. The van der Waals surface area contributed by atoms with Crippen LogP contribution in [-0.4, -0.2) is 31.4 Å². The summed E-state index contributed by atoms with van der Waals surface area (Å²) in [6.07, 6.45) is 8.45. The predicted molar refractivity (Wildman–Crippen MR) is 110 cm³/mol. The molecule has 1 aliphatic carbocycles. The van der Waals surface area contributed by atoms with Gasteiger partial charge < -0.3 is 9.64 Å². The summed E-state index contributed by atoms with van der Waals surface area (Å²) in [7, 11) is 2.00. The van der Waals surface area contributed by atoms with Crippen molar-refractivity contribution in [1.29, 1.82) is 0 Å². The number of halogens is 2. The fourth-order valence-electron chi connectivity index (χ4n) is 2.45. The number of hydrogen-bond donors (Lipinski definition) is 0. The van der Waals surface area contributed by atoms with Gasteiger partial charge in [0.15, 0.2) is 0 Å². The van der Waals surface area contributed by atoms with Crippen LogP contribution in [0.2, 0.25) is 0 Å². The Bertz CT molecular complexity index is 737. The van der Waals surface area contributed by atoms with Crippen LogP contribution in [0, 0.1) is 5.82 Å². The maximum atomic E-state index is 13.3. The molecule has 140 valence electrons. The highest BCUT2D eigenvalue weighted by atomic mass is 79.9. The third-order valence-corrected chi connectivity index (χ3v) is 4.83. The molecule has 0 spiro atoms. The lowest BCUT2D eigenvalue weighted by Gasteiger charge is -2.15. The standard InChI is InChI=1S/C21H26BrFN2O/c1-4-25(3)15-24-20-14-19(22)21(10-5-7-16(20)2)26-12-11-17-8-6-9-18(23)13-17/h6,8-10,13-15H,4-5,7,11-12H2,1-3H3. The third kappa shape index (κ3) is 6.45. The number of hydrogen-bond acceptors (Lipinski definition) is 2. The van der Waals surface area contributed by atoms with E-state index < -0.39 is 0 Å². The monoisotopic (exact) mass is 420 g/mol. The lowest BCUT2D eigenvalue weighted by atomic mass is 10.1. The molecule has 0 amide bonds. The second-order valence-electron chi connectivity index (χ2n) is 6.31. The van der Waals surface area contributed by atoms with E-state index in [1.165, 1.54) is 11.6 Å². The maximum Gasteiger partial charge on any atom is 0.129 e. The lowest BCUT2D eigenvalue weighted by molar-refractivity contribution is 0.226. The summed E-state index contributed by atoms with van der Waals surface area (Å²) in [4.78, 5) is 6.64.